The van der Waals surface area contributed by atoms with E-state index < -0.39 is 18.0 Å². The minimum absolute atomic E-state index is 0.153. The third kappa shape index (κ3) is 5.28. The number of carbonyl (C=O) groups is 3. The van der Waals surface area contributed by atoms with Crippen molar-refractivity contribution in [1.82, 2.24) is 9.80 Å². The van der Waals surface area contributed by atoms with Gasteiger partial charge in [0.2, 0.25) is 5.91 Å². The monoisotopic (exact) mass is 545 g/mol. The highest BCUT2D eigenvalue weighted by atomic mass is 32.2. The number of hydrogen-bond donors (Lipinski definition) is 1. The molecule has 3 aliphatic rings. The van der Waals surface area contributed by atoms with Crippen molar-refractivity contribution in [2.75, 3.05) is 18.2 Å². The van der Waals surface area contributed by atoms with E-state index in [-0.39, 0.29) is 45.8 Å². The molecular weight excluding hydrogens is 506 g/mol. The van der Waals surface area contributed by atoms with Gasteiger partial charge in [-0.25, -0.2) is 4.79 Å². The molecule has 1 N–H and O–H groups in total. The van der Waals surface area contributed by atoms with Gasteiger partial charge in [0.15, 0.2) is 0 Å². The Hall–Kier alpha value is -2.62. The lowest BCUT2D eigenvalue weighted by Crippen LogP contribution is -2.52. The van der Waals surface area contributed by atoms with Crippen LogP contribution in [0.25, 0.3) is 0 Å². The van der Waals surface area contributed by atoms with Crippen LogP contribution in [0, 0.1) is 21.7 Å². The van der Waals surface area contributed by atoms with Gasteiger partial charge in [-0.1, -0.05) is 27.7 Å². The van der Waals surface area contributed by atoms with Gasteiger partial charge in [0.1, 0.15) is 23.5 Å². The number of likely N-dealkylation sites (tertiary alicyclic amines) is 1. The summed E-state index contributed by atoms with van der Waals surface area (Å²) in [5.74, 6) is -0.235. The molecule has 2 amide bonds. The minimum Gasteiger partial charge on any atom is -0.506 e. The summed E-state index contributed by atoms with van der Waals surface area (Å²) in [5, 5.41) is 12.7. The number of amides is 2. The summed E-state index contributed by atoms with van der Waals surface area (Å²) in [6.07, 6.45) is 4.07. The second kappa shape index (κ2) is 10.9. The average molecular weight is 546 g/mol. The zero-order valence-electron chi connectivity index (χ0n) is 22.9. The first-order valence-electron chi connectivity index (χ1n) is 13.4. The third-order valence-electron chi connectivity index (χ3n) is 9.37. The van der Waals surface area contributed by atoms with Crippen LogP contribution in [0.3, 0.4) is 0 Å². The van der Waals surface area contributed by atoms with Crippen molar-refractivity contribution < 1.29 is 24.2 Å². The second-order valence-electron chi connectivity index (χ2n) is 12.1. The standard InChI is InChI=1S/C28H39N3O6S/c1-17(13-19-10-11-27(2,3)28(19,4)5)37-26(35)21-7-6-12-30(21)25(34)22-15-38-16-31(22)24(33)18-8-9-20(29-36)23(32)14-18/h8-9,14,17,19,21-22,32H,6-7,10-13,15-16H2,1-5H3. The maximum atomic E-state index is 13.6. The second-order valence-corrected chi connectivity index (χ2v) is 13.1. The molecule has 1 saturated carbocycles. The van der Waals surface area contributed by atoms with Crippen LogP contribution in [0.5, 0.6) is 5.75 Å². The molecule has 2 aliphatic heterocycles. The molecule has 0 spiro atoms. The Labute approximate surface area is 228 Å². The molecule has 0 bridgehead atoms. The maximum absolute atomic E-state index is 13.6. The van der Waals surface area contributed by atoms with Crippen LogP contribution in [0.4, 0.5) is 5.69 Å². The number of thioether (sulfide) groups is 1. The fourth-order valence-electron chi connectivity index (χ4n) is 6.12. The van der Waals surface area contributed by atoms with E-state index in [1.807, 2.05) is 6.92 Å². The maximum Gasteiger partial charge on any atom is 0.329 e. The summed E-state index contributed by atoms with van der Waals surface area (Å²) >= 11 is 1.46. The zero-order valence-corrected chi connectivity index (χ0v) is 23.8. The largest absolute Gasteiger partial charge is 0.506 e. The number of nitrogens with zero attached hydrogens (tertiary/aromatic N) is 3. The molecule has 4 unspecified atom stereocenters. The predicted molar refractivity (Wildman–Crippen MR) is 146 cm³/mol. The van der Waals surface area contributed by atoms with Crippen LogP contribution in [-0.4, -0.2) is 69.1 Å². The van der Waals surface area contributed by atoms with Gasteiger partial charge in [-0.2, -0.15) is 0 Å². The number of ether oxygens (including phenoxy) is 1. The van der Waals surface area contributed by atoms with Crippen molar-refractivity contribution in [3.63, 3.8) is 0 Å². The summed E-state index contributed by atoms with van der Waals surface area (Å²) in [6.45, 7) is 11.6. The van der Waals surface area contributed by atoms with E-state index >= 15 is 0 Å². The first kappa shape index (κ1) is 28.4. The van der Waals surface area contributed by atoms with Crippen LogP contribution in [0.1, 0.15) is 77.1 Å². The van der Waals surface area contributed by atoms with Crippen LogP contribution in [-0.2, 0) is 14.3 Å². The van der Waals surface area contributed by atoms with Crippen molar-refractivity contribution in [2.45, 2.75) is 84.9 Å². The normalized spacial score (nSPS) is 26.8. The molecule has 0 aromatic heterocycles. The summed E-state index contributed by atoms with van der Waals surface area (Å²) in [5.41, 5.74) is 0.405. The Morgan fingerprint density at radius 3 is 2.53 bits per heavy atom. The Balaban J connectivity index is 1.40. The van der Waals surface area contributed by atoms with E-state index in [1.165, 1.54) is 34.9 Å². The van der Waals surface area contributed by atoms with Gasteiger partial charge in [0, 0.05) is 17.9 Å². The summed E-state index contributed by atoms with van der Waals surface area (Å²) in [6, 6.07) is 2.51. The first-order chi connectivity index (χ1) is 17.9. The molecule has 4 atom stereocenters. The molecular formula is C28H39N3O6S. The summed E-state index contributed by atoms with van der Waals surface area (Å²) < 4.78 is 5.90. The molecule has 208 valence electrons. The Morgan fingerprint density at radius 2 is 1.89 bits per heavy atom. The van der Waals surface area contributed by atoms with Crippen molar-refractivity contribution in [3.05, 3.63) is 28.7 Å². The first-order valence-corrected chi connectivity index (χ1v) is 14.6. The molecule has 4 rings (SSSR count). The fraction of sp³-hybridized carbons (Fsp3) is 0.679. The molecule has 0 radical (unpaired) electrons. The van der Waals surface area contributed by atoms with Gasteiger partial charge in [-0.15, -0.1) is 16.7 Å². The average Bonchev–Trinajstić information content (AvgIpc) is 3.59. The topological polar surface area (TPSA) is 117 Å². The van der Waals surface area contributed by atoms with Gasteiger partial charge in [0.25, 0.3) is 5.91 Å². The van der Waals surface area contributed by atoms with Crippen LogP contribution in [0.15, 0.2) is 23.4 Å². The molecule has 3 fully saturated rings. The number of benzene rings is 1. The van der Waals surface area contributed by atoms with E-state index in [0.717, 1.165) is 19.3 Å². The van der Waals surface area contributed by atoms with Crippen LogP contribution >= 0.6 is 11.8 Å². The molecule has 38 heavy (non-hydrogen) atoms. The number of carbonyl (C=O) groups excluding carboxylic acids is 3. The highest BCUT2D eigenvalue weighted by Crippen LogP contribution is 2.57. The van der Waals surface area contributed by atoms with Gasteiger partial charge >= 0.3 is 5.97 Å². The Kier molecular flexibility index (Phi) is 8.12. The molecule has 1 aromatic rings. The lowest BCUT2D eigenvalue weighted by atomic mass is 9.66. The van der Waals surface area contributed by atoms with Crippen molar-refractivity contribution >= 4 is 35.2 Å². The van der Waals surface area contributed by atoms with E-state index in [4.69, 9.17) is 4.74 Å². The predicted octanol–water partition coefficient (Wildman–Crippen LogP) is 5.08. The van der Waals surface area contributed by atoms with Crippen LogP contribution < -0.4 is 0 Å². The number of phenolic OH excluding ortho intramolecular Hbond substituents is 1. The van der Waals surface area contributed by atoms with E-state index in [1.54, 1.807) is 4.90 Å². The molecule has 2 heterocycles. The molecule has 9 nitrogen and oxygen atoms in total. The van der Waals surface area contributed by atoms with Gasteiger partial charge in [0.05, 0.1) is 12.0 Å². The lowest BCUT2D eigenvalue weighted by molar-refractivity contribution is -0.159. The zero-order chi connectivity index (χ0) is 27.8. The number of aromatic hydroxyl groups is 1. The van der Waals surface area contributed by atoms with Crippen molar-refractivity contribution in [1.29, 1.82) is 0 Å². The van der Waals surface area contributed by atoms with Gasteiger partial charge < -0.3 is 19.6 Å². The number of nitroso groups, excluding NO2 is 1. The molecule has 1 aromatic carbocycles. The number of esters is 1. The molecule has 2 saturated heterocycles. The van der Waals surface area contributed by atoms with E-state index in [2.05, 4.69) is 32.9 Å². The summed E-state index contributed by atoms with van der Waals surface area (Å²) in [7, 11) is 0. The number of phenols is 1. The van der Waals surface area contributed by atoms with E-state index in [9.17, 15) is 24.4 Å². The van der Waals surface area contributed by atoms with Crippen molar-refractivity contribution in [2.24, 2.45) is 21.9 Å². The SMILES string of the molecule is CC(CC1CCC(C)(C)C1(C)C)OC(=O)C1CCCN1C(=O)C1CSCN1C(=O)c1ccc(N=O)c(O)c1. The summed E-state index contributed by atoms with van der Waals surface area (Å²) in [4.78, 5) is 53.8. The lowest BCUT2D eigenvalue weighted by Gasteiger charge is -2.40. The smallest absolute Gasteiger partial charge is 0.329 e. The number of hydrogen-bond acceptors (Lipinski definition) is 8. The Bertz CT molecular complexity index is 1110. The van der Waals surface area contributed by atoms with E-state index in [0.29, 0.717) is 36.9 Å². The van der Waals surface area contributed by atoms with Gasteiger partial charge in [-0.3, -0.25) is 9.59 Å². The Morgan fingerprint density at radius 1 is 1.16 bits per heavy atom. The van der Waals surface area contributed by atoms with Crippen molar-refractivity contribution in [3.8, 4) is 5.75 Å². The molecule has 10 heteroatoms. The quantitative estimate of drug-likeness (QED) is 0.375. The van der Waals surface area contributed by atoms with Crippen LogP contribution in [0.2, 0.25) is 0 Å². The van der Waals surface area contributed by atoms with Gasteiger partial charge in [-0.05, 0) is 79.2 Å². The number of rotatable bonds is 7. The minimum atomic E-state index is -0.717. The molecule has 1 aliphatic carbocycles. The highest BCUT2D eigenvalue weighted by molar-refractivity contribution is 7.99. The highest BCUT2D eigenvalue weighted by Gasteiger charge is 2.49. The third-order valence-corrected chi connectivity index (χ3v) is 10.4. The fourth-order valence-corrected chi connectivity index (χ4v) is 7.27.